The van der Waals surface area contributed by atoms with E-state index in [1.165, 1.54) is 11.1 Å². The lowest BCUT2D eigenvalue weighted by Gasteiger charge is -2.27. The summed E-state index contributed by atoms with van der Waals surface area (Å²) >= 11 is 0. The maximum atomic E-state index is 11.8. The van der Waals surface area contributed by atoms with Gasteiger partial charge in [0.2, 0.25) is 0 Å². The van der Waals surface area contributed by atoms with Gasteiger partial charge >= 0.3 is 5.97 Å². The number of nitrogens with two attached hydrogens (primary N) is 1. The summed E-state index contributed by atoms with van der Waals surface area (Å²) in [6, 6.07) is 8.60. The van der Waals surface area contributed by atoms with Crippen LogP contribution in [0, 0.1) is 0 Å². The number of nitrogens with zero attached hydrogens (tertiary/aromatic N) is 1. The molecule has 0 radical (unpaired) electrons. The summed E-state index contributed by atoms with van der Waals surface area (Å²) in [6.45, 7) is 6.75. The van der Waals surface area contributed by atoms with E-state index in [0.717, 1.165) is 32.5 Å². The Balaban J connectivity index is 1.93. The lowest BCUT2D eigenvalue weighted by Crippen LogP contribution is -2.48. The summed E-state index contributed by atoms with van der Waals surface area (Å²) in [5, 5.41) is 0. The third-order valence-corrected chi connectivity index (χ3v) is 4.12. The molecule has 0 bridgehead atoms. The van der Waals surface area contributed by atoms with Crippen molar-refractivity contribution in [2.24, 2.45) is 5.73 Å². The molecule has 2 rings (SSSR count). The maximum Gasteiger partial charge on any atom is 0.325 e. The van der Waals surface area contributed by atoms with Crippen LogP contribution in [0.3, 0.4) is 0 Å². The molecule has 4 nitrogen and oxygen atoms in total. The summed E-state index contributed by atoms with van der Waals surface area (Å²) in [6.07, 6.45) is 2.90. The SMILES string of the molecule is CCOC(=O)C(C)(N)CCN1CCCc2ccccc2C1. The molecular formula is C17H26N2O2. The van der Waals surface area contributed by atoms with Crippen molar-refractivity contribution in [1.29, 1.82) is 0 Å². The first-order chi connectivity index (χ1) is 10.0. The molecule has 0 amide bonds. The van der Waals surface area contributed by atoms with E-state index < -0.39 is 5.54 Å². The van der Waals surface area contributed by atoms with Gasteiger partial charge in [0.05, 0.1) is 6.61 Å². The maximum absolute atomic E-state index is 11.8. The number of fused-ring (bicyclic) bond motifs is 1. The van der Waals surface area contributed by atoms with E-state index in [0.29, 0.717) is 13.0 Å². The van der Waals surface area contributed by atoms with Gasteiger partial charge in [0.15, 0.2) is 0 Å². The van der Waals surface area contributed by atoms with Crippen LogP contribution in [0.2, 0.25) is 0 Å². The zero-order chi connectivity index (χ0) is 15.3. The van der Waals surface area contributed by atoms with Crippen molar-refractivity contribution in [2.45, 2.75) is 45.2 Å². The molecule has 1 atom stereocenters. The monoisotopic (exact) mass is 290 g/mol. The molecule has 4 heteroatoms. The summed E-state index contributed by atoms with van der Waals surface area (Å²) in [5.74, 6) is -0.305. The van der Waals surface area contributed by atoms with E-state index in [2.05, 4.69) is 29.2 Å². The predicted molar refractivity (Wildman–Crippen MR) is 83.9 cm³/mol. The molecule has 2 N–H and O–H groups in total. The minimum Gasteiger partial charge on any atom is -0.465 e. The van der Waals surface area contributed by atoms with Crippen LogP contribution in [-0.2, 0) is 22.5 Å². The van der Waals surface area contributed by atoms with Crippen LogP contribution in [0.1, 0.15) is 37.8 Å². The Bertz CT molecular complexity index is 485. The van der Waals surface area contributed by atoms with Gasteiger partial charge in [-0.3, -0.25) is 9.69 Å². The van der Waals surface area contributed by atoms with Crippen molar-refractivity contribution >= 4 is 5.97 Å². The minimum atomic E-state index is -0.901. The third-order valence-electron chi connectivity index (χ3n) is 4.12. The fourth-order valence-corrected chi connectivity index (χ4v) is 2.75. The Kier molecular flexibility index (Phi) is 5.37. The summed E-state index contributed by atoms with van der Waals surface area (Å²) in [5.41, 5.74) is 8.03. The van der Waals surface area contributed by atoms with Crippen molar-refractivity contribution in [3.63, 3.8) is 0 Å². The van der Waals surface area contributed by atoms with Gasteiger partial charge in [0.1, 0.15) is 5.54 Å². The van der Waals surface area contributed by atoms with Crippen LogP contribution in [0.25, 0.3) is 0 Å². The van der Waals surface area contributed by atoms with Crippen LogP contribution >= 0.6 is 0 Å². The zero-order valence-corrected chi connectivity index (χ0v) is 13.1. The number of carbonyl (C=O) groups is 1. The number of esters is 1. The molecule has 0 aliphatic carbocycles. The smallest absolute Gasteiger partial charge is 0.325 e. The van der Waals surface area contributed by atoms with E-state index in [-0.39, 0.29) is 5.97 Å². The lowest BCUT2D eigenvalue weighted by atomic mass is 9.99. The Morgan fingerprint density at radius 2 is 2.10 bits per heavy atom. The van der Waals surface area contributed by atoms with E-state index in [1.54, 1.807) is 13.8 Å². The minimum absolute atomic E-state index is 0.305. The van der Waals surface area contributed by atoms with Gasteiger partial charge in [-0.05, 0) is 50.8 Å². The largest absolute Gasteiger partial charge is 0.465 e. The number of benzene rings is 1. The Hall–Kier alpha value is -1.39. The summed E-state index contributed by atoms with van der Waals surface area (Å²) in [4.78, 5) is 14.2. The molecule has 1 heterocycles. The third kappa shape index (κ3) is 4.29. The molecule has 1 aromatic rings. The second kappa shape index (κ2) is 7.05. The number of hydrogen-bond donors (Lipinski definition) is 1. The topological polar surface area (TPSA) is 55.6 Å². The first-order valence-electron chi connectivity index (χ1n) is 7.78. The lowest BCUT2D eigenvalue weighted by molar-refractivity contribution is -0.149. The summed E-state index contributed by atoms with van der Waals surface area (Å²) < 4.78 is 5.05. The number of hydrogen-bond acceptors (Lipinski definition) is 4. The molecule has 0 fully saturated rings. The summed E-state index contributed by atoms with van der Waals surface area (Å²) in [7, 11) is 0. The Labute approximate surface area is 127 Å². The van der Waals surface area contributed by atoms with E-state index in [9.17, 15) is 4.79 Å². The molecule has 0 saturated heterocycles. The number of ether oxygens (including phenoxy) is 1. The van der Waals surface area contributed by atoms with Gasteiger partial charge in [-0.1, -0.05) is 24.3 Å². The standard InChI is InChI=1S/C17H26N2O2/c1-3-21-16(20)17(2,18)10-12-19-11-6-9-14-7-4-5-8-15(14)13-19/h4-5,7-8H,3,6,9-13,18H2,1-2H3. The highest BCUT2D eigenvalue weighted by Crippen LogP contribution is 2.19. The van der Waals surface area contributed by atoms with Gasteiger partial charge in [-0.25, -0.2) is 0 Å². The van der Waals surface area contributed by atoms with Crippen molar-refractivity contribution in [1.82, 2.24) is 4.90 Å². The molecule has 1 aliphatic rings. The average molecular weight is 290 g/mol. The quantitative estimate of drug-likeness (QED) is 0.844. The highest BCUT2D eigenvalue weighted by atomic mass is 16.5. The van der Waals surface area contributed by atoms with Crippen molar-refractivity contribution < 1.29 is 9.53 Å². The van der Waals surface area contributed by atoms with Gasteiger partial charge in [-0.15, -0.1) is 0 Å². The van der Waals surface area contributed by atoms with E-state index >= 15 is 0 Å². The first-order valence-corrected chi connectivity index (χ1v) is 7.78. The molecule has 21 heavy (non-hydrogen) atoms. The molecule has 0 aromatic heterocycles. The van der Waals surface area contributed by atoms with Crippen LogP contribution < -0.4 is 5.73 Å². The molecule has 0 spiro atoms. The zero-order valence-electron chi connectivity index (χ0n) is 13.1. The highest BCUT2D eigenvalue weighted by molar-refractivity contribution is 5.79. The molecule has 116 valence electrons. The highest BCUT2D eigenvalue weighted by Gasteiger charge is 2.30. The average Bonchev–Trinajstić information content (AvgIpc) is 2.67. The number of aryl methyl sites for hydroxylation is 1. The van der Waals surface area contributed by atoms with Crippen molar-refractivity contribution in [3.05, 3.63) is 35.4 Å². The van der Waals surface area contributed by atoms with Gasteiger partial charge in [0.25, 0.3) is 0 Å². The molecular weight excluding hydrogens is 264 g/mol. The van der Waals surface area contributed by atoms with Gasteiger partial charge < -0.3 is 10.5 Å². The first kappa shape index (κ1) is 16.0. The van der Waals surface area contributed by atoms with Crippen LogP contribution in [0.4, 0.5) is 0 Å². The van der Waals surface area contributed by atoms with Crippen molar-refractivity contribution in [2.75, 3.05) is 19.7 Å². The molecule has 1 aliphatic heterocycles. The Morgan fingerprint density at radius 3 is 2.81 bits per heavy atom. The van der Waals surface area contributed by atoms with Crippen molar-refractivity contribution in [3.8, 4) is 0 Å². The van der Waals surface area contributed by atoms with Crippen LogP contribution in [-0.4, -0.2) is 36.1 Å². The normalized spacial score (nSPS) is 18.4. The van der Waals surface area contributed by atoms with E-state index in [1.807, 2.05) is 0 Å². The van der Waals surface area contributed by atoms with Crippen LogP contribution in [0.15, 0.2) is 24.3 Å². The fraction of sp³-hybridized carbons (Fsp3) is 0.588. The molecule has 0 saturated carbocycles. The fourth-order valence-electron chi connectivity index (χ4n) is 2.75. The molecule has 1 aromatic carbocycles. The molecule has 1 unspecified atom stereocenters. The second-order valence-electron chi connectivity index (χ2n) is 6.04. The number of carbonyl (C=O) groups excluding carboxylic acids is 1. The predicted octanol–water partition coefficient (Wildman–Crippen LogP) is 2.11. The van der Waals surface area contributed by atoms with Crippen LogP contribution in [0.5, 0.6) is 0 Å². The number of rotatable bonds is 5. The van der Waals surface area contributed by atoms with Gasteiger partial charge in [-0.2, -0.15) is 0 Å². The Morgan fingerprint density at radius 1 is 1.38 bits per heavy atom. The second-order valence-corrected chi connectivity index (χ2v) is 6.04. The van der Waals surface area contributed by atoms with Gasteiger partial charge in [0, 0.05) is 13.1 Å². The van der Waals surface area contributed by atoms with E-state index in [4.69, 9.17) is 10.5 Å².